The fourth-order valence-electron chi connectivity index (χ4n) is 7.29. The van der Waals surface area contributed by atoms with E-state index in [2.05, 4.69) is 33.8 Å². The van der Waals surface area contributed by atoms with E-state index in [1.807, 2.05) is 13.0 Å². The van der Waals surface area contributed by atoms with E-state index in [4.69, 9.17) is 0 Å². The lowest BCUT2D eigenvalue weighted by Gasteiger charge is -2.66. The molecular weight excluding hydrogens is 328 g/mol. The highest BCUT2D eigenvalue weighted by molar-refractivity contribution is 6.48. The second kappa shape index (κ2) is 4.89. The van der Waals surface area contributed by atoms with E-state index < -0.39 is 22.4 Å². The second-order valence-electron chi connectivity index (χ2n) is 10.3. The van der Waals surface area contributed by atoms with Gasteiger partial charge in [0.05, 0.1) is 11.5 Å². The summed E-state index contributed by atoms with van der Waals surface area (Å²) in [4.78, 5) is 25.2. The highest BCUT2D eigenvalue weighted by Gasteiger charge is 2.69. The molecule has 0 bridgehead atoms. The Bertz CT molecular complexity index is 775. The number of carbonyl (C=O) groups is 2. The van der Waals surface area contributed by atoms with Gasteiger partial charge in [0, 0.05) is 5.57 Å². The van der Waals surface area contributed by atoms with Gasteiger partial charge in [-0.3, -0.25) is 9.59 Å². The molecule has 4 nitrogen and oxygen atoms in total. The predicted octanol–water partition coefficient (Wildman–Crippen LogP) is 3.75. The minimum atomic E-state index is -0.957. The van der Waals surface area contributed by atoms with Crippen LogP contribution in [-0.2, 0) is 9.59 Å². The lowest BCUT2D eigenvalue weighted by atomic mass is 9.37. The van der Waals surface area contributed by atoms with Gasteiger partial charge in [-0.1, -0.05) is 39.8 Å². The first-order valence-corrected chi connectivity index (χ1v) is 9.81. The topological polar surface area (TPSA) is 74.6 Å². The number of ketones is 2. The zero-order chi connectivity index (χ0) is 19.3. The minimum absolute atomic E-state index is 0.0394. The maximum Gasteiger partial charge on any atom is 0.264 e. The lowest BCUT2D eigenvalue weighted by molar-refractivity contribution is -0.181. The number of aliphatic hydroxyl groups excluding tert-OH is 2. The van der Waals surface area contributed by atoms with Crippen LogP contribution < -0.4 is 0 Å². The molecule has 2 saturated carbocycles. The van der Waals surface area contributed by atoms with Crippen LogP contribution >= 0.6 is 0 Å². The van der Waals surface area contributed by atoms with E-state index in [1.165, 1.54) is 0 Å². The molecule has 0 aliphatic heterocycles. The van der Waals surface area contributed by atoms with E-state index in [0.29, 0.717) is 11.5 Å². The van der Waals surface area contributed by atoms with E-state index >= 15 is 0 Å². The number of hydrogen-bond acceptors (Lipinski definition) is 4. The second-order valence-corrected chi connectivity index (χ2v) is 10.3. The van der Waals surface area contributed by atoms with Crippen molar-refractivity contribution in [1.29, 1.82) is 0 Å². The van der Waals surface area contributed by atoms with Crippen LogP contribution in [0.4, 0.5) is 0 Å². The third-order valence-corrected chi connectivity index (χ3v) is 9.13. The van der Waals surface area contributed by atoms with E-state index in [0.717, 1.165) is 25.7 Å². The van der Waals surface area contributed by atoms with Crippen LogP contribution in [0.5, 0.6) is 0 Å². The van der Waals surface area contributed by atoms with Crippen LogP contribution in [0.3, 0.4) is 0 Å². The Balaban J connectivity index is 1.88. The van der Waals surface area contributed by atoms with Crippen molar-refractivity contribution < 1.29 is 19.8 Å². The number of Topliss-reactive ketones (excluding diaryl/α,β-unsaturated/α-hetero) is 2. The molecule has 26 heavy (non-hydrogen) atoms. The molecule has 0 amide bonds. The Morgan fingerprint density at radius 1 is 1.04 bits per heavy atom. The fraction of sp³-hybridized carbons (Fsp3) is 0.727. The van der Waals surface area contributed by atoms with Crippen LogP contribution in [0.2, 0.25) is 0 Å². The number of allylic oxidation sites excluding steroid dienone is 4. The Labute approximate surface area is 155 Å². The van der Waals surface area contributed by atoms with Gasteiger partial charge in [0.1, 0.15) is 0 Å². The average Bonchev–Trinajstić information content (AvgIpc) is 2.74. The Morgan fingerprint density at radius 3 is 2.35 bits per heavy atom. The summed E-state index contributed by atoms with van der Waals surface area (Å²) in [6.45, 7) is 10.6. The number of hydrogen-bond donors (Lipinski definition) is 2. The van der Waals surface area contributed by atoms with Gasteiger partial charge in [0.15, 0.2) is 5.76 Å². The van der Waals surface area contributed by atoms with Crippen LogP contribution in [0.15, 0.2) is 23.5 Å². The van der Waals surface area contributed by atoms with Crippen molar-refractivity contribution in [2.24, 2.45) is 33.5 Å². The first-order valence-electron chi connectivity index (χ1n) is 9.81. The summed E-state index contributed by atoms with van der Waals surface area (Å²) < 4.78 is 0. The van der Waals surface area contributed by atoms with Crippen molar-refractivity contribution >= 4 is 11.6 Å². The van der Waals surface area contributed by atoms with Gasteiger partial charge >= 0.3 is 0 Å². The summed E-state index contributed by atoms with van der Waals surface area (Å²) in [5.41, 5.74) is -1.07. The molecule has 0 aromatic carbocycles. The first kappa shape index (κ1) is 18.0. The molecule has 0 radical (unpaired) electrons. The molecule has 2 fully saturated rings. The number of aliphatic hydroxyl groups is 2. The normalized spacial score (nSPS) is 49.7. The van der Waals surface area contributed by atoms with Crippen molar-refractivity contribution in [3.63, 3.8) is 0 Å². The van der Waals surface area contributed by atoms with Crippen molar-refractivity contribution in [2.45, 2.75) is 66.4 Å². The lowest BCUT2D eigenvalue weighted by Crippen LogP contribution is -2.63. The van der Waals surface area contributed by atoms with E-state index in [1.54, 1.807) is 0 Å². The van der Waals surface area contributed by atoms with Gasteiger partial charge in [0.25, 0.3) is 5.78 Å². The monoisotopic (exact) mass is 358 g/mol. The van der Waals surface area contributed by atoms with E-state index in [9.17, 15) is 19.8 Å². The summed E-state index contributed by atoms with van der Waals surface area (Å²) in [7, 11) is 0. The number of carbonyl (C=O) groups excluding carboxylic acids is 2. The van der Waals surface area contributed by atoms with Crippen molar-refractivity contribution in [2.75, 3.05) is 0 Å². The van der Waals surface area contributed by atoms with Gasteiger partial charge < -0.3 is 10.2 Å². The molecule has 0 aromatic rings. The van der Waals surface area contributed by atoms with Crippen molar-refractivity contribution in [3.05, 3.63) is 23.5 Å². The molecule has 0 saturated heterocycles. The molecule has 4 aliphatic carbocycles. The maximum absolute atomic E-state index is 13.0. The molecule has 1 unspecified atom stereocenters. The number of rotatable bonds is 0. The molecular formula is C22H30O4. The summed E-state index contributed by atoms with van der Waals surface area (Å²) in [5, 5.41) is 20.9. The zero-order valence-corrected chi connectivity index (χ0v) is 16.4. The Kier molecular flexibility index (Phi) is 3.38. The molecule has 0 aromatic heterocycles. The van der Waals surface area contributed by atoms with Crippen molar-refractivity contribution in [1.82, 2.24) is 0 Å². The highest BCUT2D eigenvalue weighted by atomic mass is 16.3. The molecule has 4 rings (SSSR count). The molecule has 4 heteroatoms. The van der Waals surface area contributed by atoms with Gasteiger partial charge in [-0.05, 0) is 60.7 Å². The predicted molar refractivity (Wildman–Crippen MR) is 98.4 cm³/mol. The van der Waals surface area contributed by atoms with Gasteiger partial charge in [-0.25, -0.2) is 0 Å². The first-order chi connectivity index (χ1) is 11.9. The standard InChI is InChI=1S/C22H30O4/c1-19(2)13-8-11-21(4)14(20(13,3)10-9-15(19)23)7-6-12-16(24)17(25)18(26)22(12,21)5/h6-7,13-15,23-24H,8-11H2,1-5H3/t13-,14+,15-,20-,21?,22-/m0/s1. The quantitative estimate of drug-likeness (QED) is 0.647. The molecule has 0 heterocycles. The third-order valence-electron chi connectivity index (χ3n) is 9.13. The maximum atomic E-state index is 13.0. The minimum Gasteiger partial charge on any atom is -0.504 e. The summed E-state index contributed by atoms with van der Waals surface area (Å²) in [6.07, 6.45) is 7.07. The van der Waals surface area contributed by atoms with Gasteiger partial charge in [-0.15, -0.1) is 0 Å². The molecule has 0 spiro atoms. The fourth-order valence-corrected chi connectivity index (χ4v) is 7.29. The Morgan fingerprint density at radius 2 is 1.69 bits per heavy atom. The van der Waals surface area contributed by atoms with Gasteiger partial charge in [-0.2, -0.15) is 0 Å². The summed E-state index contributed by atoms with van der Waals surface area (Å²) >= 11 is 0. The summed E-state index contributed by atoms with van der Waals surface area (Å²) in [6, 6.07) is 0. The van der Waals surface area contributed by atoms with Gasteiger partial charge in [0.2, 0.25) is 5.78 Å². The van der Waals surface area contributed by atoms with Crippen LogP contribution in [0.25, 0.3) is 0 Å². The van der Waals surface area contributed by atoms with Crippen LogP contribution in [0.1, 0.15) is 60.3 Å². The molecule has 4 aliphatic rings. The largest absolute Gasteiger partial charge is 0.504 e. The van der Waals surface area contributed by atoms with Crippen LogP contribution in [0, 0.1) is 33.5 Å². The smallest absolute Gasteiger partial charge is 0.264 e. The third kappa shape index (κ3) is 1.70. The molecule has 2 N–H and O–H groups in total. The Hall–Kier alpha value is -1.42. The molecule has 6 atom stereocenters. The van der Waals surface area contributed by atoms with E-state index in [-0.39, 0.29) is 28.6 Å². The molecule has 142 valence electrons. The van der Waals surface area contributed by atoms with Crippen LogP contribution in [-0.4, -0.2) is 27.9 Å². The number of fused-ring (bicyclic) bond motifs is 5. The SMILES string of the molecule is CC1(C)[C@@H](O)CC[C@@]2(C)[C@H]1CCC1(C)[C@@H]2C=CC2=C(O)C(=O)C(=O)[C@]21C. The zero-order valence-electron chi connectivity index (χ0n) is 16.4. The summed E-state index contributed by atoms with van der Waals surface area (Å²) in [5.74, 6) is -1.06. The highest BCUT2D eigenvalue weighted by Crippen LogP contribution is 2.71. The average molecular weight is 358 g/mol. The van der Waals surface area contributed by atoms with Crippen molar-refractivity contribution in [3.8, 4) is 0 Å².